The van der Waals surface area contributed by atoms with Crippen LogP contribution in [0.4, 0.5) is 0 Å². The van der Waals surface area contributed by atoms with Crippen LogP contribution < -0.4 is 0 Å². The summed E-state index contributed by atoms with van der Waals surface area (Å²) in [6.45, 7) is 4.92. The molecule has 0 aliphatic carbocycles. The lowest BCUT2D eigenvalue weighted by Gasteiger charge is -2.44. The maximum atomic E-state index is 11.3. The summed E-state index contributed by atoms with van der Waals surface area (Å²) >= 11 is 0. The molecule has 0 aromatic carbocycles. The predicted molar refractivity (Wildman–Crippen MR) is 67.7 cm³/mol. The molecule has 96 valence electrons. The minimum absolute atomic E-state index is 0.194. The van der Waals surface area contributed by atoms with Gasteiger partial charge in [-0.05, 0) is 45.7 Å². The Morgan fingerprint density at radius 3 is 2.94 bits per heavy atom. The van der Waals surface area contributed by atoms with Crippen LogP contribution in [0.2, 0.25) is 0 Å². The smallest absolute Gasteiger partial charge is 0.330 e. The van der Waals surface area contributed by atoms with E-state index >= 15 is 0 Å². The molecule has 0 unspecified atom stereocenters. The van der Waals surface area contributed by atoms with E-state index in [4.69, 9.17) is 4.74 Å². The van der Waals surface area contributed by atoms with Crippen molar-refractivity contribution in [3.63, 3.8) is 0 Å². The summed E-state index contributed by atoms with van der Waals surface area (Å²) in [5.74, 6) is 0.360. The van der Waals surface area contributed by atoms with Crippen LogP contribution in [0.5, 0.6) is 0 Å². The minimum Gasteiger partial charge on any atom is -0.462 e. The molecule has 3 nitrogen and oxygen atoms in total. The number of esters is 1. The van der Waals surface area contributed by atoms with Crippen molar-refractivity contribution in [2.24, 2.45) is 5.92 Å². The maximum Gasteiger partial charge on any atom is 0.330 e. The van der Waals surface area contributed by atoms with Crippen molar-refractivity contribution in [3.05, 3.63) is 12.2 Å². The summed E-state index contributed by atoms with van der Waals surface area (Å²) in [7, 11) is 0. The molecule has 0 amide bonds. The third kappa shape index (κ3) is 3.32. The second-order valence-electron chi connectivity index (χ2n) is 5.13. The van der Waals surface area contributed by atoms with Gasteiger partial charge in [-0.1, -0.05) is 12.5 Å². The SMILES string of the molecule is C/C=C\C(=O)OC[C@@H]1CCCN2CCCC[C@H]12. The maximum absolute atomic E-state index is 11.3. The van der Waals surface area contributed by atoms with Crippen molar-refractivity contribution in [2.45, 2.75) is 45.1 Å². The van der Waals surface area contributed by atoms with Gasteiger partial charge in [-0.2, -0.15) is 0 Å². The molecule has 2 fully saturated rings. The van der Waals surface area contributed by atoms with E-state index in [1.807, 2.05) is 6.92 Å². The predicted octanol–water partition coefficient (Wildman–Crippen LogP) is 2.37. The van der Waals surface area contributed by atoms with Crippen LogP contribution in [0, 0.1) is 5.92 Å². The van der Waals surface area contributed by atoms with Crippen LogP contribution in [0.15, 0.2) is 12.2 Å². The summed E-state index contributed by atoms with van der Waals surface area (Å²) in [5.41, 5.74) is 0. The van der Waals surface area contributed by atoms with E-state index in [1.54, 1.807) is 6.08 Å². The first-order valence-corrected chi connectivity index (χ1v) is 6.85. The average Bonchev–Trinajstić information content (AvgIpc) is 2.36. The highest BCUT2D eigenvalue weighted by Gasteiger charge is 2.33. The lowest BCUT2D eigenvalue weighted by atomic mass is 9.84. The Morgan fingerprint density at radius 2 is 2.12 bits per heavy atom. The molecule has 0 aromatic rings. The van der Waals surface area contributed by atoms with Gasteiger partial charge >= 0.3 is 5.97 Å². The molecular weight excluding hydrogens is 214 g/mol. The normalized spacial score (nSPS) is 30.2. The van der Waals surface area contributed by atoms with E-state index in [0.717, 1.165) is 0 Å². The van der Waals surface area contributed by atoms with Gasteiger partial charge in [0.25, 0.3) is 0 Å². The number of carbonyl (C=O) groups excluding carboxylic acids is 1. The van der Waals surface area contributed by atoms with Gasteiger partial charge in [-0.25, -0.2) is 4.79 Å². The largest absolute Gasteiger partial charge is 0.462 e. The fourth-order valence-electron chi connectivity index (χ4n) is 3.14. The van der Waals surface area contributed by atoms with Crippen molar-refractivity contribution < 1.29 is 9.53 Å². The number of hydrogen-bond donors (Lipinski definition) is 0. The molecule has 2 aliphatic rings. The lowest BCUT2D eigenvalue weighted by molar-refractivity contribution is -0.140. The van der Waals surface area contributed by atoms with E-state index in [9.17, 15) is 4.79 Å². The Bertz CT molecular complexity index is 286. The fraction of sp³-hybridized carbons (Fsp3) is 0.786. The third-order valence-electron chi connectivity index (χ3n) is 3.97. The highest BCUT2D eigenvalue weighted by Crippen LogP contribution is 2.30. The number of piperidine rings is 2. The standard InChI is InChI=1S/C14H23NO2/c1-2-6-14(16)17-11-12-7-5-10-15-9-4-3-8-13(12)15/h2,6,12-13H,3-5,7-11H2,1H3/b6-2-/t12-,13+/m0/s1. The molecule has 0 radical (unpaired) electrons. The van der Waals surface area contributed by atoms with Crippen LogP contribution in [0.3, 0.4) is 0 Å². The molecule has 0 bridgehead atoms. The molecule has 2 rings (SSSR count). The average molecular weight is 237 g/mol. The number of rotatable bonds is 3. The van der Waals surface area contributed by atoms with Crippen molar-refractivity contribution in [1.29, 1.82) is 0 Å². The van der Waals surface area contributed by atoms with Gasteiger partial charge in [0, 0.05) is 18.0 Å². The summed E-state index contributed by atoms with van der Waals surface area (Å²) in [5, 5.41) is 0. The van der Waals surface area contributed by atoms with Crippen molar-refractivity contribution in [1.82, 2.24) is 4.90 Å². The van der Waals surface area contributed by atoms with Gasteiger partial charge in [0.05, 0.1) is 6.61 Å². The lowest BCUT2D eigenvalue weighted by Crippen LogP contribution is -2.49. The monoisotopic (exact) mass is 237 g/mol. The number of hydrogen-bond acceptors (Lipinski definition) is 3. The highest BCUT2D eigenvalue weighted by molar-refractivity contribution is 5.81. The molecular formula is C14H23NO2. The molecule has 0 spiro atoms. The Labute approximate surface area is 104 Å². The van der Waals surface area contributed by atoms with Gasteiger partial charge in [0.2, 0.25) is 0 Å². The van der Waals surface area contributed by atoms with Crippen LogP contribution in [-0.4, -0.2) is 36.6 Å². The molecule has 2 aliphatic heterocycles. The first-order valence-electron chi connectivity index (χ1n) is 6.85. The molecule has 0 aromatic heterocycles. The molecule has 3 heteroatoms. The molecule has 0 N–H and O–H groups in total. The fourth-order valence-corrected chi connectivity index (χ4v) is 3.14. The first-order chi connectivity index (χ1) is 8.31. The van der Waals surface area contributed by atoms with Crippen LogP contribution in [0.1, 0.15) is 39.0 Å². The zero-order valence-corrected chi connectivity index (χ0v) is 10.7. The topological polar surface area (TPSA) is 29.5 Å². The second kappa shape index (κ2) is 6.20. The Kier molecular flexibility index (Phi) is 4.60. The van der Waals surface area contributed by atoms with Crippen LogP contribution >= 0.6 is 0 Å². The van der Waals surface area contributed by atoms with Gasteiger partial charge in [-0.15, -0.1) is 0 Å². The van der Waals surface area contributed by atoms with Gasteiger partial charge in [-0.3, -0.25) is 4.90 Å². The zero-order chi connectivity index (χ0) is 12.1. The van der Waals surface area contributed by atoms with Gasteiger partial charge < -0.3 is 4.74 Å². The molecule has 2 heterocycles. The van der Waals surface area contributed by atoms with Crippen molar-refractivity contribution in [3.8, 4) is 0 Å². The Balaban J connectivity index is 1.84. The highest BCUT2D eigenvalue weighted by atomic mass is 16.5. The van der Waals surface area contributed by atoms with Crippen molar-refractivity contribution >= 4 is 5.97 Å². The van der Waals surface area contributed by atoms with Gasteiger partial charge in [0.1, 0.15) is 0 Å². The molecule has 17 heavy (non-hydrogen) atoms. The Morgan fingerprint density at radius 1 is 1.29 bits per heavy atom. The first kappa shape index (κ1) is 12.6. The second-order valence-corrected chi connectivity index (χ2v) is 5.13. The summed E-state index contributed by atoms with van der Waals surface area (Å²) in [6.07, 6.45) is 9.65. The van der Waals surface area contributed by atoms with E-state index in [2.05, 4.69) is 4.90 Å². The minimum atomic E-state index is -0.194. The number of ether oxygens (including phenoxy) is 1. The summed E-state index contributed by atoms with van der Waals surface area (Å²) < 4.78 is 5.32. The summed E-state index contributed by atoms with van der Waals surface area (Å²) in [6, 6.07) is 0.663. The number of allylic oxidation sites excluding steroid dienone is 1. The number of nitrogens with zero attached hydrogens (tertiary/aromatic N) is 1. The Hall–Kier alpha value is -0.830. The van der Waals surface area contributed by atoms with E-state index in [1.165, 1.54) is 51.3 Å². The van der Waals surface area contributed by atoms with E-state index in [0.29, 0.717) is 18.6 Å². The van der Waals surface area contributed by atoms with Crippen LogP contribution in [-0.2, 0) is 9.53 Å². The third-order valence-corrected chi connectivity index (χ3v) is 3.97. The summed E-state index contributed by atoms with van der Waals surface area (Å²) in [4.78, 5) is 13.9. The molecule has 2 atom stereocenters. The quantitative estimate of drug-likeness (QED) is 0.557. The van der Waals surface area contributed by atoms with Gasteiger partial charge in [0.15, 0.2) is 0 Å². The zero-order valence-electron chi connectivity index (χ0n) is 10.7. The molecule has 0 saturated carbocycles. The van der Waals surface area contributed by atoms with Crippen LogP contribution in [0.25, 0.3) is 0 Å². The van der Waals surface area contributed by atoms with E-state index in [-0.39, 0.29) is 5.97 Å². The van der Waals surface area contributed by atoms with E-state index < -0.39 is 0 Å². The van der Waals surface area contributed by atoms with Crippen molar-refractivity contribution in [2.75, 3.05) is 19.7 Å². The number of carbonyl (C=O) groups is 1. The molecule has 2 saturated heterocycles. The number of fused-ring (bicyclic) bond motifs is 1.